The molecule has 2 heterocycles. The van der Waals surface area contributed by atoms with Crippen LogP contribution in [0.2, 0.25) is 0 Å². The number of nitrogens with two attached hydrogens (primary N) is 1. The minimum absolute atomic E-state index is 0.138. The molecule has 18 heavy (non-hydrogen) atoms. The number of carbonyl (C=O) groups is 1. The molecule has 7 nitrogen and oxygen atoms in total. The number of hydrogen-bond donors (Lipinski definition) is 2. The van der Waals surface area contributed by atoms with Crippen LogP contribution in [0.3, 0.4) is 0 Å². The number of nitrogens with zero attached hydrogens (tertiary/aromatic N) is 4. The van der Waals surface area contributed by atoms with Gasteiger partial charge in [-0.1, -0.05) is 0 Å². The molecule has 0 saturated heterocycles. The lowest BCUT2D eigenvalue weighted by molar-refractivity contribution is -0.116. The number of amides is 1. The van der Waals surface area contributed by atoms with Crippen molar-refractivity contribution >= 4 is 17.3 Å². The zero-order valence-electron chi connectivity index (χ0n) is 10.6. The van der Waals surface area contributed by atoms with Crippen LogP contribution >= 0.6 is 0 Å². The van der Waals surface area contributed by atoms with Crippen LogP contribution in [0.4, 0.5) is 11.4 Å². The number of nitrogens with one attached hydrogen (secondary N) is 1. The van der Waals surface area contributed by atoms with Crippen LogP contribution in [0.25, 0.3) is 0 Å². The molecule has 0 saturated carbocycles. The molecule has 0 aliphatic carbocycles. The summed E-state index contributed by atoms with van der Waals surface area (Å²) in [6, 6.07) is 0. The van der Waals surface area contributed by atoms with Gasteiger partial charge in [0, 0.05) is 13.2 Å². The maximum absolute atomic E-state index is 11.8. The highest BCUT2D eigenvalue weighted by atomic mass is 16.2. The lowest BCUT2D eigenvalue weighted by atomic mass is 10.3. The minimum atomic E-state index is -0.159. The van der Waals surface area contributed by atoms with Crippen molar-refractivity contribution in [1.29, 1.82) is 0 Å². The number of carbonyl (C=O) groups excluding carboxylic acids is 1. The number of hydrogen-bond acceptors (Lipinski definition) is 4. The Bertz CT molecular complexity index is 582. The van der Waals surface area contributed by atoms with Crippen molar-refractivity contribution in [2.75, 3.05) is 11.1 Å². The first-order chi connectivity index (χ1) is 8.47. The lowest BCUT2D eigenvalue weighted by Crippen LogP contribution is -2.20. The van der Waals surface area contributed by atoms with Crippen molar-refractivity contribution in [2.45, 2.75) is 20.4 Å². The molecule has 0 spiro atoms. The van der Waals surface area contributed by atoms with Crippen molar-refractivity contribution in [3.8, 4) is 0 Å². The van der Waals surface area contributed by atoms with Gasteiger partial charge >= 0.3 is 0 Å². The van der Waals surface area contributed by atoms with E-state index >= 15 is 0 Å². The second-order valence-corrected chi connectivity index (χ2v) is 4.19. The van der Waals surface area contributed by atoms with E-state index in [2.05, 4.69) is 15.5 Å². The van der Waals surface area contributed by atoms with E-state index < -0.39 is 0 Å². The molecule has 2 aromatic heterocycles. The smallest absolute Gasteiger partial charge is 0.246 e. The third-order valence-corrected chi connectivity index (χ3v) is 2.72. The van der Waals surface area contributed by atoms with Crippen molar-refractivity contribution < 1.29 is 4.79 Å². The monoisotopic (exact) mass is 248 g/mol. The van der Waals surface area contributed by atoms with Crippen LogP contribution in [0, 0.1) is 13.8 Å². The molecule has 0 atom stereocenters. The van der Waals surface area contributed by atoms with Crippen LogP contribution in [0.5, 0.6) is 0 Å². The summed E-state index contributed by atoms with van der Waals surface area (Å²) in [5.41, 5.74) is 8.64. The Labute approximate surface area is 105 Å². The third-order valence-electron chi connectivity index (χ3n) is 2.72. The molecule has 2 rings (SSSR count). The number of aryl methyl sites for hydroxylation is 2. The summed E-state index contributed by atoms with van der Waals surface area (Å²) in [5, 5.41) is 10.9. The number of anilines is 2. The molecule has 96 valence electrons. The van der Waals surface area contributed by atoms with Gasteiger partial charge in [-0.2, -0.15) is 10.2 Å². The Morgan fingerprint density at radius 2 is 2.22 bits per heavy atom. The van der Waals surface area contributed by atoms with Gasteiger partial charge in [0.25, 0.3) is 0 Å². The Morgan fingerprint density at radius 1 is 1.50 bits per heavy atom. The molecule has 0 aliphatic rings. The first-order valence-electron chi connectivity index (χ1n) is 5.55. The maximum atomic E-state index is 11.8. The highest BCUT2D eigenvalue weighted by molar-refractivity contribution is 5.90. The first-order valence-corrected chi connectivity index (χ1v) is 5.55. The fourth-order valence-electron chi connectivity index (χ4n) is 1.69. The summed E-state index contributed by atoms with van der Waals surface area (Å²) < 4.78 is 3.22. The Morgan fingerprint density at radius 3 is 2.72 bits per heavy atom. The Balaban J connectivity index is 2.05. The van der Waals surface area contributed by atoms with Crippen LogP contribution in [0.1, 0.15) is 11.4 Å². The average Bonchev–Trinajstić information content (AvgIpc) is 2.80. The van der Waals surface area contributed by atoms with Gasteiger partial charge in [0.1, 0.15) is 6.54 Å². The molecular formula is C11H16N6O. The van der Waals surface area contributed by atoms with E-state index in [1.807, 2.05) is 13.8 Å². The van der Waals surface area contributed by atoms with Gasteiger partial charge in [0.2, 0.25) is 5.91 Å². The van der Waals surface area contributed by atoms with Gasteiger partial charge in [-0.05, 0) is 13.8 Å². The normalized spacial score (nSPS) is 10.6. The third kappa shape index (κ3) is 2.34. The molecule has 0 bridgehead atoms. The number of aromatic nitrogens is 4. The molecule has 0 radical (unpaired) electrons. The average molecular weight is 248 g/mol. The quantitative estimate of drug-likeness (QED) is 0.825. The SMILES string of the molecule is Cc1nn(CC(=O)Nc2cnn(C)c2)c(C)c1N. The van der Waals surface area contributed by atoms with E-state index in [0.29, 0.717) is 11.4 Å². The molecule has 1 amide bonds. The summed E-state index contributed by atoms with van der Waals surface area (Å²) in [4.78, 5) is 11.8. The van der Waals surface area contributed by atoms with Gasteiger partial charge < -0.3 is 11.1 Å². The molecule has 0 aromatic carbocycles. The second-order valence-electron chi connectivity index (χ2n) is 4.19. The van der Waals surface area contributed by atoms with E-state index in [9.17, 15) is 4.79 Å². The Kier molecular flexibility index (Phi) is 3.05. The highest BCUT2D eigenvalue weighted by Crippen LogP contribution is 2.14. The van der Waals surface area contributed by atoms with Crippen LogP contribution < -0.4 is 11.1 Å². The van der Waals surface area contributed by atoms with E-state index in [1.54, 1.807) is 28.8 Å². The molecule has 7 heteroatoms. The van der Waals surface area contributed by atoms with Gasteiger partial charge in [-0.25, -0.2) is 0 Å². The molecular weight excluding hydrogens is 232 g/mol. The largest absolute Gasteiger partial charge is 0.396 e. The molecule has 0 fully saturated rings. The molecule has 2 aromatic rings. The predicted molar refractivity (Wildman–Crippen MR) is 68.0 cm³/mol. The summed E-state index contributed by atoms with van der Waals surface area (Å²) >= 11 is 0. The van der Waals surface area contributed by atoms with Crippen molar-refractivity contribution in [1.82, 2.24) is 19.6 Å². The fraction of sp³-hybridized carbons (Fsp3) is 0.364. The van der Waals surface area contributed by atoms with E-state index in [4.69, 9.17) is 5.73 Å². The summed E-state index contributed by atoms with van der Waals surface area (Å²) in [6.45, 7) is 3.79. The summed E-state index contributed by atoms with van der Waals surface area (Å²) in [6.07, 6.45) is 3.32. The van der Waals surface area contributed by atoms with Gasteiger partial charge in [0.05, 0.1) is 29.0 Å². The maximum Gasteiger partial charge on any atom is 0.246 e. The standard InChI is InChI=1S/C11H16N6O/c1-7-11(12)8(2)17(15-7)6-10(18)14-9-4-13-16(3)5-9/h4-5H,6,12H2,1-3H3,(H,14,18). The van der Waals surface area contributed by atoms with E-state index in [-0.39, 0.29) is 12.5 Å². The van der Waals surface area contributed by atoms with Crippen LogP contribution in [-0.4, -0.2) is 25.5 Å². The summed E-state index contributed by atoms with van der Waals surface area (Å²) in [5.74, 6) is -0.159. The fourth-order valence-corrected chi connectivity index (χ4v) is 1.69. The molecule has 0 unspecified atom stereocenters. The van der Waals surface area contributed by atoms with Gasteiger partial charge in [-0.3, -0.25) is 14.2 Å². The van der Waals surface area contributed by atoms with Crippen molar-refractivity contribution in [3.05, 3.63) is 23.8 Å². The van der Waals surface area contributed by atoms with Gasteiger partial charge in [-0.15, -0.1) is 0 Å². The van der Waals surface area contributed by atoms with Crippen molar-refractivity contribution in [3.63, 3.8) is 0 Å². The Hall–Kier alpha value is -2.31. The van der Waals surface area contributed by atoms with E-state index in [1.165, 1.54) is 0 Å². The van der Waals surface area contributed by atoms with Gasteiger partial charge in [0.15, 0.2) is 0 Å². The summed E-state index contributed by atoms with van der Waals surface area (Å²) in [7, 11) is 1.79. The first kappa shape index (κ1) is 12.2. The topological polar surface area (TPSA) is 90.8 Å². The van der Waals surface area contributed by atoms with E-state index in [0.717, 1.165) is 11.4 Å². The predicted octanol–water partition coefficient (Wildman–Crippen LogP) is 0.454. The van der Waals surface area contributed by atoms with Crippen molar-refractivity contribution in [2.24, 2.45) is 7.05 Å². The van der Waals surface area contributed by atoms with Crippen LogP contribution in [-0.2, 0) is 18.4 Å². The number of rotatable bonds is 3. The zero-order chi connectivity index (χ0) is 13.3. The van der Waals surface area contributed by atoms with Crippen LogP contribution in [0.15, 0.2) is 12.4 Å². The minimum Gasteiger partial charge on any atom is -0.396 e. The molecule has 3 N–H and O–H groups in total. The lowest BCUT2D eigenvalue weighted by Gasteiger charge is -2.04. The highest BCUT2D eigenvalue weighted by Gasteiger charge is 2.11. The molecule has 0 aliphatic heterocycles. The second kappa shape index (κ2) is 4.52. The number of nitrogen functional groups attached to an aromatic ring is 1. The zero-order valence-corrected chi connectivity index (χ0v) is 10.6.